The second kappa shape index (κ2) is 8.23. The van der Waals surface area contributed by atoms with Gasteiger partial charge in [0.2, 0.25) is 5.91 Å². The molecule has 3 amide bonds. The number of hydrogen-bond acceptors (Lipinski definition) is 4. The van der Waals surface area contributed by atoms with Gasteiger partial charge < -0.3 is 20.5 Å². The first-order valence-corrected chi connectivity index (χ1v) is 11.0. The van der Waals surface area contributed by atoms with Crippen molar-refractivity contribution in [1.29, 1.82) is 0 Å². The molecule has 154 valence electrons. The van der Waals surface area contributed by atoms with Crippen LogP contribution in [0, 0.1) is 0 Å². The van der Waals surface area contributed by atoms with E-state index in [0.717, 1.165) is 16.7 Å². The molecule has 3 aromatic rings. The van der Waals surface area contributed by atoms with Crippen LogP contribution < -0.4 is 16.0 Å². The number of amides is 3. The van der Waals surface area contributed by atoms with Gasteiger partial charge in [-0.05, 0) is 54.8 Å². The second-order valence-electron chi connectivity index (χ2n) is 7.18. The molecule has 1 aromatic heterocycles. The highest BCUT2D eigenvalue weighted by Crippen LogP contribution is 2.25. The van der Waals surface area contributed by atoms with E-state index in [2.05, 4.69) is 16.0 Å². The minimum absolute atomic E-state index is 0.233. The van der Waals surface area contributed by atoms with Crippen LogP contribution in [0.1, 0.15) is 27.1 Å². The van der Waals surface area contributed by atoms with Gasteiger partial charge in [-0.3, -0.25) is 14.4 Å². The Morgan fingerprint density at radius 2 is 2.03 bits per heavy atom. The molecule has 0 saturated carbocycles. The van der Waals surface area contributed by atoms with E-state index in [9.17, 15) is 14.4 Å². The predicted molar refractivity (Wildman–Crippen MR) is 120 cm³/mol. The highest BCUT2D eigenvalue weighted by molar-refractivity contribution is 7.98. The third-order valence-corrected chi connectivity index (χ3v) is 5.83. The molecule has 0 radical (unpaired) electrons. The van der Waals surface area contributed by atoms with Crippen molar-refractivity contribution in [3.8, 4) is 0 Å². The molecule has 0 spiro atoms. The van der Waals surface area contributed by atoms with Gasteiger partial charge >= 0.3 is 0 Å². The number of thioether (sulfide) groups is 1. The van der Waals surface area contributed by atoms with Crippen molar-refractivity contribution in [2.24, 2.45) is 7.05 Å². The zero-order valence-corrected chi connectivity index (χ0v) is 17.5. The number of aryl methyl sites for hydroxylation is 1. The summed E-state index contributed by atoms with van der Waals surface area (Å²) in [6, 6.07) is 11.8. The molecule has 1 atom stereocenters. The van der Waals surface area contributed by atoms with Gasteiger partial charge in [-0.25, -0.2) is 0 Å². The minimum Gasteiger partial charge on any atom is -0.351 e. The number of nitrogens with zero attached hydrogens (tertiary/aromatic N) is 1. The van der Waals surface area contributed by atoms with Crippen molar-refractivity contribution < 1.29 is 14.4 Å². The van der Waals surface area contributed by atoms with Gasteiger partial charge in [-0.1, -0.05) is 6.07 Å². The van der Waals surface area contributed by atoms with Gasteiger partial charge in [0, 0.05) is 35.4 Å². The quantitative estimate of drug-likeness (QED) is 0.589. The van der Waals surface area contributed by atoms with Crippen molar-refractivity contribution in [2.45, 2.75) is 12.5 Å². The van der Waals surface area contributed by atoms with Crippen molar-refractivity contribution >= 4 is 51.8 Å². The lowest BCUT2D eigenvalue weighted by Crippen LogP contribution is -2.41. The van der Waals surface area contributed by atoms with Crippen LogP contribution in [-0.4, -0.2) is 40.3 Å². The summed E-state index contributed by atoms with van der Waals surface area (Å²) in [6.45, 7) is 0. The maximum Gasteiger partial charge on any atom is 0.256 e. The van der Waals surface area contributed by atoms with E-state index in [4.69, 9.17) is 0 Å². The Balaban J connectivity index is 1.58. The van der Waals surface area contributed by atoms with E-state index < -0.39 is 6.04 Å². The number of carbonyl (C=O) groups excluding carboxylic acids is 3. The molecule has 1 aliphatic rings. The van der Waals surface area contributed by atoms with E-state index in [1.54, 1.807) is 36.0 Å². The topological polar surface area (TPSA) is 92.2 Å². The van der Waals surface area contributed by atoms with Gasteiger partial charge in [0.1, 0.15) is 6.04 Å². The summed E-state index contributed by atoms with van der Waals surface area (Å²) >= 11 is 1.62. The number of carbonyl (C=O) groups is 3. The summed E-state index contributed by atoms with van der Waals surface area (Å²) in [5.41, 5.74) is 2.76. The van der Waals surface area contributed by atoms with E-state index in [-0.39, 0.29) is 17.7 Å². The van der Waals surface area contributed by atoms with Crippen molar-refractivity contribution in [2.75, 3.05) is 22.6 Å². The summed E-state index contributed by atoms with van der Waals surface area (Å²) in [4.78, 5) is 38.0. The van der Waals surface area contributed by atoms with Crippen LogP contribution in [-0.2, 0) is 11.8 Å². The first-order chi connectivity index (χ1) is 14.5. The largest absolute Gasteiger partial charge is 0.351 e. The molecule has 0 fully saturated rings. The van der Waals surface area contributed by atoms with Gasteiger partial charge in [0.25, 0.3) is 11.8 Å². The Morgan fingerprint density at radius 1 is 1.20 bits per heavy atom. The summed E-state index contributed by atoms with van der Waals surface area (Å²) in [7, 11) is 1.93. The molecular formula is C22H22N4O3S. The maximum absolute atomic E-state index is 12.9. The molecular weight excluding hydrogens is 400 g/mol. The number of fused-ring (bicyclic) bond motifs is 2. The van der Waals surface area contributed by atoms with Crippen LogP contribution >= 0.6 is 11.8 Å². The van der Waals surface area contributed by atoms with Crippen LogP contribution in [0.4, 0.5) is 11.4 Å². The predicted octanol–water partition coefficient (Wildman–Crippen LogP) is 3.23. The molecule has 0 aliphatic carbocycles. The molecule has 2 aromatic carbocycles. The fourth-order valence-corrected chi connectivity index (χ4v) is 4.05. The van der Waals surface area contributed by atoms with Crippen molar-refractivity contribution in [3.63, 3.8) is 0 Å². The summed E-state index contributed by atoms with van der Waals surface area (Å²) < 4.78 is 1.95. The SMILES string of the molecule is CSCCC1NC(=O)c2cc(NC(=O)c3cccc4c3ccn4C)ccc2NC1=O. The molecule has 0 saturated heterocycles. The van der Waals surface area contributed by atoms with Crippen molar-refractivity contribution in [1.82, 2.24) is 9.88 Å². The average Bonchev–Trinajstić information content (AvgIpc) is 3.07. The summed E-state index contributed by atoms with van der Waals surface area (Å²) in [5, 5.41) is 9.30. The van der Waals surface area contributed by atoms with Crippen LogP contribution in [0.3, 0.4) is 0 Å². The van der Waals surface area contributed by atoms with E-state index in [1.165, 1.54) is 0 Å². The Hall–Kier alpha value is -3.26. The summed E-state index contributed by atoms with van der Waals surface area (Å²) in [6.07, 6.45) is 4.41. The molecule has 7 nitrogen and oxygen atoms in total. The molecule has 30 heavy (non-hydrogen) atoms. The highest BCUT2D eigenvalue weighted by atomic mass is 32.2. The monoisotopic (exact) mass is 422 g/mol. The molecule has 1 aliphatic heterocycles. The standard InChI is InChI=1S/C22H22N4O3S/c1-26-10-8-14-15(4-3-5-19(14)26)20(27)23-13-6-7-17-16(12-13)21(28)25-18(9-11-30-2)22(29)24-17/h3-8,10,12,18H,9,11H2,1-2H3,(H,23,27)(H,24,29)(H,25,28). The number of benzene rings is 2. The molecule has 8 heteroatoms. The smallest absolute Gasteiger partial charge is 0.256 e. The van der Waals surface area contributed by atoms with E-state index in [1.807, 2.05) is 42.3 Å². The lowest BCUT2D eigenvalue weighted by molar-refractivity contribution is -0.117. The third kappa shape index (κ3) is 3.78. The number of nitrogens with one attached hydrogen (secondary N) is 3. The lowest BCUT2D eigenvalue weighted by atomic mass is 10.1. The number of rotatable bonds is 5. The molecule has 4 rings (SSSR count). The van der Waals surface area contributed by atoms with Gasteiger partial charge in [0.05, 0.1) is 11.3 Å². The van der Waals surface area contributed by atoms with E-state index in [0.29, 0.717) is 28.9 Å². The number of anilines is 2. The van der Waals surface area contributed by atoms with E-state index >= 15 is 0 Å². The molecule has 2 heterocycles. The normalized spacial score (nSPS) is 15.9. The molecule has 3 N–H and O–H groups in total. The third-order valence-electron chi connectivity index (χ3n) is 5.18. The first-order valence-electron chi connectivity index (χ1n) is 9.58. The Kier molecular flexibility index (Phi) is 5.50. The first kappa shape index (κ1) is 20.0. The van der Waals surface area contributed by atoms with Crippen molar-refractivity contribution in [3.05, 3.63) is 59.8 Å². The van der Waals surface area contributed by atoms with Gasteiger partial charge in [0.15, 0.2) is 0 Å². The number of hydrogen-bond donors (Lipinski definition) is 3. The van der Waals surface area contributed by atoms with Gasteiger partial charge in [-0.2, -0.15) is 11.8 Å². The second-order valence-corrected chi connectivity index (χ2v) is 8.16. The van der Waals surface area contributed by atoms with Gasteiger partial charge in [-0.15, -0.1) is 0 Å². The van der Waals surface area contributed by atoms with Crippen LogP contribution in [0.15, 0.2) is 48.7 Å². The molecule has 0 bridgehead atoms. The zero-order chi connectivity index (χ0) is 21.3. The fourth-order valence-electron chi connectivity index (χ4n) is 3.58. The summed E-state index contributed by atoms with van der Waals surface area (Å²) in [5.74, 6) is -0.0665. The Morgan fingerprint density at radius 3 is 2.83 bits per heavy atom. The zero-order valence-electron chi connectivity index (χ0n) is 16.7. The molecule has 1 unspecified atom stereocenters. The maximum atomic E-state index is 12.9. The van der Waals surface area contributed by atoms with Crippen LogP contribution in [0.25, 0.3) is 10.9 Å². The Labute approximate surface area is 178 Å². The Bertz CT molecular complexity index is 1150. The fraction of sp³-hybridized carbons (Fsp3) is 0.227. The van der Waals surface area contributed by atoms with Crippen LogP contribution in [0.2, 0.25) is 0 Å². The van der Waals surface area contributed by atoms with Crippen LogP contribution in [0.5, 0.6) is 0 Å². The highest BCUT2D eigenvalue weighted by Gasteiger charge is 2.27. The average molecular weight is 423 g/mol. The number of aromatic nitrogens is 1. The minimum atomic E-state index is -0.578. The lowest BCUT2D eigenvalue weighted by Gasteiger charge is -2.13.